The maximum absolute atomic E-state index is 10.7. The van der Waals surface area contributed by atoms with Crippen molar-refractivity contribution in [2.45, 2.75) is 96.7 Å². The molecule has 0 aliphatic heterocycles. The average molecular weight is 448 g/mol. The Morgan fingerprint density at radius 1 is 0.727 bits per heavy atom. The predicted molar refractivity (Wildman–Crippen MR) is 139 cm³/mol. The molecule has 0 saturated carbocycles. The third-order valence-corrected chi connectivity index (χ3v) is 6.36. The Labute approximate surface area is 200 Å². The van der Waals surface area contributed by atoms with E-state index in [2.05, 4.69) is 19.1 Å². The molecular weight excluding hydrogens is 406 g/mol. The molecule has 0 fully saturated rings. The lowest BCUT2D eigenvalue weighted by atomic mass is 10.0. The topological polar surface area (TPSA) is 42.4 Å². The zero-order chi connectivity index (χ0) is 23.1. The van der Waals surface area contributed by atoms with Gasteiger partial charge >= 0.3 is 0 Å². The third-order valence-electron chi connectivity index (χ3n) is 6.36. The lowest BCUT2D eigenvalue weighted by Crippen LogP contribution is -2.02. The number of aromatic nitrogens is 1. The van der Waals surface area contributed by atoms with Crippen molar-refractivity contribution in [3.8, 4) is 5.75 Å². The first-order valence-electron chi connectivity index (χ1n) is 13.0. The molecule has 1 atom stereocenters. The van der Waals surface area contributed by atoms with Crippen molar-refractivity contribution in [2.75, 3.05) is 0 Å². The molecule has 3 nitrogen and oxygen atoms in total. The van der Waals surface area contributed by atoms with Crippen molar-refractivity contribution in [1.29, 1.82) is 0 Å². The van der Waals surface area contributed by atoms with E-state index in [1.807, 2.05) is 48.5 Å². The molecule has 3 heteroatoms. The van der Waals surface area contributed by atoms with Crippen molar-refractivity contribution in [1.82, 2.24) is 4.98 Å². The maximum atomic E-state index is 10.7. The van der Waals surface area contributed by atoms with Gasteiger partial charge in [-0.05, 0) is 24.1 Å². The van der Waals surface area contributed by atoms with E-state index in [0.29, 0.717) is 6.61 Å². The lowest BCUT2D eigenvalue weighted by molar-refractivity contribution is 0.159. The van der Waals surface area contributed by atoms with E-state index in [1.165, 1.54) is 64.2 Å². The summed E-state index contributed by atoms with van der Waals surface area (Å²) in [4.78, 5) is 4.78. The number of aliphatic hydroxyl groups is 1. The molecule has 0 aliphatic rings. The SMILES string of the molecule is CCCCCCCCCCCCCC(O)c1ccc2cccc(OCc3ccccc3)c2n1. The van der Waals surface area contributed by atoms with E-state index in [-0.39, 0.29) is 0 Å². The van der Waals surface area contributed by atoms with Crippen molar-refractivity contribution < 1.29 is 9.84 Å². The number of hydrogen-bond acceptors (Lipinski definition) is 3. The number of ether oxygens (including phenoxy) is 1. The number of fused-ring (bicyclic) bond motifs is 1. The van der Waals surface area contributed by atoms with Gasteiger partial charge in [0.25, 0.3) is 0 Å². The number of pyridine rings is 1. The molecule has 0 bridgehead atoms. The minimum atomic E-state index is -0.518. The van der Waals surface area contributed by atoms with Crippen molar-refractivity contribution in [3.63, 3.8) is 0 Å². The van der Waals surface area contributed by atoms with Gasteiger partial charge in [0.1, 0.15) is 17.9 Å². The smallest absolute Gasteiger partial charge is 0.146 e. The van der Waals surface area contributed by atoms with Crippen LogP contribution in [0, 0.1) is 0 Å². The van der Waals surface area contributed by atoms with Crippen molar-refractivity contribution in [2.24, 2.45) is 0 Å². The first-order valence-corrected chi connectivity index (χ1v) is 13.0. The third kappa shape index (κ3) is 8.81. The Hall–Kier alpha value is -2.39. The van der Waals surface area contributed by atoms with Gasteiger partial charge < -0.3 is 9.84 Å². The van der Waals surface area contributed by atoms with Crippen LogP contribution in [0.3, 0.4) is 0 Å². The molecule has 33 heavy (non-hydrogen) atoms. The van der Waals surface area contributed by atoms with Crippen LogP contribution < -0.4 is 4.74 Å². The summed E-state index contributed by atoms with van der Waals surface area (Å²) in [6.07, 6.45) is 14.7. The molecule has 3 rings (SSSR count). The molecular formula is C30H41NO2. The fourth-order valence-corrected chi connectivity index (χ4v) is 4.32. The zero-order valence-corrected chi connectivity index (χ0v) is 20.3. The van der Waals surface area contributed by atoms with Crippen LogP contribution in [0.2, 0.25) is 0 Å². The number of rotatable bonds is 16. The quantitative estimate of drug-likeness (QED) is 0.224. The maximum Gasteiger partial charge on any atom is 0.146 e. The molecule has 2 aromatic carbocycles. The standard InChI is InChI=1S/C30H41NO2/c1-2-3-4-5-6-7-8-9-10-11-15-20-28(32)27-23-22-26-19-16-21-29(30(26)31-27)33-24-25-17-13-12-14-18-25/h12-14,16-19,21-23,28,32H,2-11,15,20,24H2,1H3. The predicted octanol–water partition coefficient (Wildman–Crippen LogP) is 8.55. The van der Waals surface area contributed by atoms with E-state index in [0.717, 1.165) is 40.8 Å². The molecule has 0 amide bonds. The van der Waals surface area contributed by atoms with Gasteiger partial charge in [0.2, 0.25) is 0 Å². The molecule has 1 aromatic heterocycles. The van der Waals surface area contributed by atoms with E-state index >= 15 is 0 Å². The second kappa shape index (κ2) is 14.7. The number of aliphatic hydroxyl groups excluding tert-OH is 1. The van der Waals surface area contributed by atoms with Gasteiger partial charge in [0.15, 0.2) is 0 Å². The normalized spacial score (nSPS) is 12.2. The minimum absolute atomic E-state index is 0.507. The van der Waals surface area contributed by atoms with Crippen LogP contribution in [0.15, 0.2) is 60.7 Å². The summed E-state index contributed by atoms with van der Waals surface area (Å²) in [6.45, 7) is 2.78. The van der Waals surface area contributed by atoms with Crippen LogP contribution >= 0.6 is 0 Å². The Bertz CT molecular complexity index is 925. The van der Waals surface area contributed by atoms with Crippen LogP contribution in [-0.2, 0) is 6.61 Å². The summed E-state index contributed by atoms with van der Waals surface area (Å²) in [6, 6.07) is 20.1. The van der Waals surface area contributed by atoms with Crippen LogP contribution in [0.25, 0.3) is 10.9 Å². The van der Waals surface area contributed by atoms with Gasteiger partial charge in [0.05, 0.1) is 11.8 Å². The van der Waals surface area contributed by atoms with Gasteiger partial charge in [0, 0.05) is 5.39 Å². The zero-order valence-electron chi connectivity index (χ0n) is 20.3. The van der Waals surface area contributed by atoms with Crippen LogP contribution in [0.1, 0.15) is 101 Å². The fraction of sp³-hybridized carbons (Fsp3) is 0.500. The van der Waals surface area contributed by atoms with E-state index in [9.17, 15) is 5.11 Å². The van der Waals surface area contributed by atoms with Gasteiger partial charge in [-0.3, -0.25) is 0 Å². The first kappa shape index (κ1) is 25.2. The molecule has 1 heterocycles. The number of nitrogens with zero attached hydrogens (tertiary/aromatic N) is 1. The number of para-hydroxylation sites is 1. The van der Waals surface area contributed by atoms with Gasteiger partial charge in [-0.2, -0.15) is 0 Å². The Kier molecular flexibility index (Phi) is 11.2. The molecule has 1 unspecified atom stereocenters. The number of hydrogen-bond donors (Lipinski definition) is 1. The summed E-state index contributed by atoms with van der Waals surface area (Å²) < 4.78 is 6.07. The Morgan fingerprint density at radius 2 is 1.39 bits per heavy atom. The van der Waals surface area contributed by atoms with Gasteiger partial charge in [-0.15, -0.1) is 0 Å². The highest BCUT2D eigenvalue weighted by molar-refractivity contribution is 5.84. The Balaban J connectivity index is 1.42. The largest absolute Gasteiger partial charge is 0.487 e. The minimum Gasteiger partial charge on any atom is -0.487 e. The van der Waals surface area contributed by atoms with E-state index in [1.54, 1.807) is 0 Å². The summed E-state index contributed by atoms with van der Waals surface area (Å²) in [5.74, 6) is 0.764. The average Bonchev–Trinajstić information content (AvgIpc) is 2.86. The van der Waals surface area contributed by atoms with E-state index in [4.69, 9.17) is 9.72 Å². The summed E-state index contributed by atoms with van der Waals surface area (Å²) in [5, 5.41) is 11.8. The van der Waals surface area contributed by atoms with Gasteiger partial charge in [-0.25, -0.2) is 4.98 Å². The molecule has 0 saturated heterocycles. The number of unbranched alkanes of at least 4 members (excludes halogenated alkanes) is 10. The van der Waals surface area contributed by atoms with Gasteiger partial charge in [-0.1, -0.05) is 126 Å². The van der Waals surface area contributed by atoms with Crippen LogP contribution in [0.5, 0.6) is 5.75 Å². The molecule has 178 valence electrons. The first-order chi connectivity index (χ1) is 16.3. The highest BCUT2D eigenvalue weighted by atomic mass is 16.5. The Morgan fingerprint density at radius 3 is 2.09 bits per heavy atom. The molecule has 0 radical (unpaired) electrons. The lowest BCUT2D eigenvalue weighted by Gasteiger charge is -2.13. The highest BCUT2D eigenvalue weighted by Crippen LogP contribution is 2.28. The van der Waals surface area contributed by atoms with Crippen LogP contribution in [0.4, 0.5) is 0 Å². The second-order valence-corrected chi connectivity index (χ2v) is 9.18. The molecule has 1 N–H and O–H groups in total. The monoisotopic (exact) mass is 447 g/mol. The molecule has 0 aliphatic carbocycles. The second-order valence-electron chi connectivity index (χ2n) is 9.18. The highest BCUT2D eigenvalue weighted by Gasteiger charge is 2.12. The summed E-state index contributed by atoms with van der Waals surface area (Å²) >= 11 is 0. The van der Waals surface area contributed by atoms with E-state index < -0.39 is 6.10 Å². The van der Waals surface area contributed by atoms with Crippen molar-refractivity contribution in [3.05, 3.63) is 71.9 Å². The van der Waals surface area contributed by atoms with Crippen LogP contribution in [-0.4, -0.2) is 10.1 Å². The number of benzene rings is 2. The summed E-state index contributed by atoms with van der Waals surface area (Å²) in [5.41, 5.74) is 2.69. The fourth-order valence-electron chi connectivity index (χ4n) is 4.32. The summed E-state index contributed by atoms with van der Waals surface area (Å²) in [7, 11) is 0. The molecule has 0 spiro atoms. The van der Waals surface area contributed by atoms with Crippen molar-refractivity contribution >= 4 is 10.9 Å². The molecule has 3 aromatic rings.